The normalized spacial score (nSPS) is 9.93. The lowest BCUT2D eigenvalue weighted by Crippen LogP contribution is -2.12. The summed E-state index contributed by atoms with van der Waals surface area (Å²) in [6.07, 6.45) is 3.72. The Labute approximate surface area is 177 Å². The Morgan fingerprint density at radius 2 is 1.93 bits per heavy atom. The van der Waals surface area contributed by atoms with E-state index < -0.39 is 0 Å². The molecule has 0 aliphatic heterocycles. The summed E-state index contributed by atoms with van der Waals surface area (Å²) in [6.45, 7) is 2.72. The number of methoxy groups -OCH3 is 1. The first-order valence-corrected chi connectivity index (χ1v) is 9.85. The maximum Gasteiger partial charge on any atom is 0.255 e. The molecule has 0 bridgehead atoms. The van der Waals surface area contributed by atoms with E-state index in [-0.39, 0.29) is 5.91 Å². The number of hydrogen-bond donors (Lipinski definition) is 1. The van der Waals surface area contributed by atoms with Gasteiger partial charge < -0.3 is 14.8 Å². The van der Waals surface area contributed by atoms with Gasteiger partial charge in [-0.2, -0.15) is 0 Å². The molecule has 1 heterocycles. The minimum absolute atomic E-state index is 0.233. The summed E-state index contributed by atoms with van der Waals surface area (Å²) >= 11 is 0. The van der Waals surface area contributed by atoms with Crippen LogP contribution in [0.25, 0.3) is 0 Å². The zero-order valence-corrected chi connectivity index (χ0v) is 17.1. The number of anilines is 1. The van der Waals surface area contributed by atoms with Crippen molar-refractivity contribution >= 4 is 11.6 Å². The fourth-order valence-electron chi connectivity index (χ4n) is 2.71. The first kappa shape index (κ1) is 20.9. The summed E-state index contributed by atoms with van der Waals surface area (Å²) in [6, 6.07) is 18.1. The Kier molecular flexibility index (Phi) is 7.45. The van der Waals surface area contributed by atoms with E-state index in [9.17, 15) is 4.79 Å². The summed E-state index contributed by atoms with van der Waals surface area (Å²) in [5.74, 6) is 7.01. The summed E-state index contributed by atoms with van der Waals surface area (Å²) in [5, 5.41) is 2.90. The number of nitrogens with one attached hydrogen (secondary N) is 1. The Morgan fingerprint density at radius 1 is 1.03 bits per heavy atom. The Balaban J connectivity index is 1.71. The molecule has 0 radical (unpaired) electrons. The van der Waals surface area contributed by atoms with E-state index in [1.807, 2.05) is 42.5 Å². The van der Waals surface area contributed by atoms with Crippen LogP contribution in [0.15, 0.2) is 66.9 Å². The van der Waals surface area contributed by atoms with Crippen LogP contribution in [0.4, 0.5) is 5.69 Å². The highest BCUT2D eigenvalue weighted by Crippen LogP contribution is 2.28. The van der Waals surface area contributed by atoms with Crippen LogP contribution in [0.2, 0.25) is 0 Å². The molecule has 30 heavy (non-hydrogen) atoms. The first-order chi connectivity index (χ1) is 14.7. The number of unbranched alkanes of at least 4 members (excludes halogenated alkanes) is 1. The SMILES string of the molecule is CCCCOc1ccc(C(=O)Nc2cccc(C#Cc3ccccn3)c2)cc1OC. The summed E-state index contributed by atoms with van der Waals surface area (Å²) in [5.41, 5.74) is 2.63. The van der Waals surface area contributed by atoms with Crippen LogP contribution in [0.3, 0.4) is 0 Å². The van der Waals surface area contributed by atoms with Gasteiger partial charge in [0.2, 0.25) is 0 Å². The third-order valence-electron chi connectivity index (χ3n) is 4.30. The highest BCUT2D eigenvalue weighted by Gasteiger charge is 2.11. The number of rotatable bonds is 7. The van der Waals surface area contributed by atoms with Gasteiger partial charge >= 0.3 is 0 Å². The van der Waals surface area contributed by atoms with E-state index in [1.54, 1.807) is 31.5 Å². The average Bonchev–Trinajstić information content (AvgIpc) is 2.79. The second-order valence-corrected chi connectivity index (χ2v) is 6.57. The van der Waals surface area contributed by atoms with Crippen molar-refractivity contribution in [2.24, 2.45) is 0 Å². The fraction of sp³-hybridized carbons (Fsp3) is 0.200. The van der Waals surface area contributed by atoms with Gasteiger partial charge in [-0.3, -0.25) is 4.79 Å². The second-order valence-electron chi connectivity index (χ2n) is 6.57. The topological polar surface area (TPSA) is 60.5 Å². The fourth-order valence-corrected chi connectivity index (χ4v) is 2.71. The molecule has 152 valence electrons. The van der Waals surface area contributed by atoms with Gasteiger partial charge in [0.1, 0.15) is 5.69 Å². The standard InChI is InChI=1S/C25H24N2O3/c1-3-4-16-30-23-14-12-20(18-24(23)29-2)25(28)27-22-10-7-8-19(17-22)11-13-21-9-5-6-15-26-21/h5-10,12,14-15,17-18H,3-4,16H2,1-2H3,(H,27,28). The molecule has 1 N–H and O–H groups in total. The minimum atomic E-state index is -0.233. The summed E-state index contributed by atoms with van der Waals surface area (Å²) in [7, 11) is 1.56. The third kappa shape index (κ3) is 5.86. The van der Waals surface area contributed by atoms with E-state index in [0.29, 0.717) is 35.1 Å². The quantitative estimate of drug-likeness (QED) is 0.452. The van der Waals surface area contributed by atoms with Gasteiger partial charge in [0, 0.05) is 23.0 Å². The van der Waals surface area contributed by atoms with Crippen molar-refractivity contribution in [3.63, 3.8) is 0 Å². The second kappa shape index (κ2) is 10.7. The molecule has 0 spiro atoms. The molecule has 0 unspecified atom stereocenters. The molecule has 3 rings (SSSR count). The van der Waals surface area contributed by atoms with Crippen molar-refractivity contribution in [3.8, 4) is 23.3 Å². The van der Waals surface area contributed by atoms with Crippen molar-refractivity contribution < 1.29 is 14.3 Å². The minimum Gasteiger partial charge on any atom is -0.493 e. The number of ether oxygens (including phenoxy) is 2. The van der Waals surface area contributed by atoms with Crippen molar-refractivity contribution in [2.45, 2.75) is 19.8 Å². The van der Waals surface area contributed by atoms with Crippen molar-refractivity contribution in [1.82, 2.24) is 4.98 Å². The predicted molar refractivity (Wildman–Crippen MR) is 118 cm³/mol. The van der Waals surface area contributed by atoms with Crippen LogP contribution < -0.4 is 14.8 Å². The van der Waals surface area contributed by atoms with Crippen molar-refractivity contribution in [3.05, 3.63) is 83.7 Å². The number of hydrogen-bond acceptors (Lipinski definition) is 4. The van der Waals surface area contributed by atoms with Gasteiger partial charge in [-0.05, 0) is 60.9 Å². The molecule has 0 saturated heterocycles. The molecule has 0 aliphatic rings. The van der Waals surface area contributed by atoms with Crippen LogP contribution in [0.5, 0.6) is 11.5 Å². The number of amides is 1. The molecule has 3 aromatic rings. The molecule has 1 amide bonds. The summed E-state index contributed by atoms with van der Waals surface area (Å²) in [4.78, 5) is 16.9. The number of benzene rings is 2. The van der Waals surface area contributed by atoms with Crippen LogP contribution in [0, 0.1) is 11.8 Å². The van der Waals surface area contributed by atoms with Gasteiger partial charge in [-0.1, -0.05) is 31.4 Å². The molecule has 5 heteroatoms. The lowest BCUT2D eigenvalue weighted by molar-refractivity contribution is 0.102. The van der Waals surface area contributed by atoms with E-state index in [1.165, 1.54) is 0 Å². The maximum absolute atomic E-state index is 12.7. The molecule has 1 aromatic heterocycles. The highest BCUT2D eigenvalue weighted by atomic mass is 16.5. The molecule has 0 fully saturated rings. The van der Waals surface area contributed by atoms with Crippen molar-refractivity contribution in [1.29, 1.82) is 0 Å². The Bertz CT molecular complexity index is 1050. The van der Waals surface area contributed by atoms with Crippen LogP contribution >= 0.6 is 0 Å². The maximum atomic E-state index is 12.7. The largest absolute Gasteiger partial charge is 0.493 e. The van der Waals surface area contributed by atoms with Crippen molar-refractivity contribution in [2.75, 3.05) is 19.0 Å². The average molecular weight is 400 g/mol. The molecule has 5 nitrogen and oxygen atoms in total. The molecule has 0 atom stereocenters. The molecule has 2 aromatic carbocycles. The van der Waals surface area contributed by atoms with E-state index >= 15 is 0 Å². The molecular weight excluding hydrogens is 376 g/mol. The van der Waals surface area contributed by atoms with Crippen LogP contribution in [0.1, 0.15) is 41.4 Å². The number of carbonyl (C=O) groups excluding carboxylic acids is 1. The van der Waals surface area contributed by atoms with Gasteiger partial charge in [-0.15, -0.1) is 0 Å². The lowest BCUT2D eigenvalue weighted by Gasteiger charge is -2.12. The molecule has 0 aliphatic carbocycles. The van der Waals surface area contributed by atoms with E-state index in [0.717, 1.165) is 18.4 Å². The van der Waals surface area contributed by atoms with Gasteiger partial charge in [0.15, 0.2) is 11.5 Å². The van der Waals surface area contributed by atoms with Crippen LogP contribution in [-0.4, -0.2) is 24.6 Å². The Hall–Kier alpha value is -3.78. The number of carbonyl (C=O) groups is 1. The van der Waals surface area contributed by atoms with E-state index in [2.05, 4.69) is 29.1 Å². The monoisotopic (exact) mass is 400 g/mol. The Morgan fingerprint density at radius 3 is 2.70 bits per heavy atom. The summed E-state index contributed by atoms with van der Waals surface area (Å²) < 4.78 is 11.1. The predicted octanol–water partition coefficient (Wildman–Crippen LogP) is 4.92. The number of pyridine rings is 1. The zero-order chi connectivity index (χ0) is 21.2. The number of aromatic nitrogens is 1. The van der Waals surface area contributed by atoms with Crippen LogP contribution in [-0.2, 0) is 0 Å². The van der Waals surface area contributed by atoms with Gasteiger partial charge in [0.05, 0.1) is 13.7 Å². The van der Waals surface area contributed by atoms with Gasteiger partial charge in [-0.25, -0.2) is 4.98 Å². The highest BCUT2D eigenvalue weighted by molar-refractivity contribution is 6.04. The zero-order valence-electron chi connectivity index (χ0n) is 17.1. The molecular formula is C25H24N2O3. The first-order valence-electron chi connectivity index (χ1n) is 9.85. The lowest BCUT2D eigenvalue weighted by atomic mass is 10.1. The van der Waals surface area contributed by atoms with E-state index in [4.69, 9.17) is 9.47 Å². The number of nitrogens with zero attached hydrogens (tertiary/aromatic N) is 1. The molecule has 0 saturated carbocycles. The van der Waals surface area contributed by atoms with Gasteiger partial charge in [0.25, 0.3) is 5.91 Å². The third-order valence-corrected chi connectivity index (χ3v) is 4.30. The smallest absolute Gasteiger partial charge is 0.255 e.